The minimum atomic E-state index is -3.59. The fraction of sp³-hybridized carbons (Fsp3) is 0.100. The van der Waals surface area contributed by atoms with Gasteiger partial charge in [0.1, 0.15) is 5.03 Å². The number of nitrogens with one attached hydrogen (secondary N) is 1. The lowest BCUT2D eigenvalue weighted by molar-refractivity contribution is 0.102. The largest absolute Gasteiger partial charge is 0.322 e. The maximum atomic E-state index is 12.8. The van der Waals surface area contributed by atoms with Crippen molar-refractivity contribution in [3.63, 3.8) is 0 Å². The Kier molecular flexibility index (Phi) is 6.74. The van der Waals surface area contributed by atoms with Gasteiger partial charge in [-0.3, -0.25) is 4.79 Å². The van der Waals surface area contributed by atoms with Crippen molar-refractivity contribution in [1.29, 1.82) is 0 Å². The van der Waals surface area contributed by atoms with Crippen molar-refractivity contribution in [3.8, 4) is 0 Å². The van der Waals surface area contributed by atoms with Gasteiger partial charge in [0.15, 0.2) is 0 Å². The maximum Gasteiger partial charge on any atom is 0.258 e. The van der Waals surface area contributed by atoms with Crippen LogP contribution in [-0.4, -0.2) is 37.7 Å². The number of amides is 1. The zero-order chi connectivity index (χ0) is 21.0. The standard InChI is InChI=1S/C20H18BrN3O3S2/c1-24(2)29(26,27)17-6-3-5-15(13-17)23-19(25)18-7-4-12-22-20(18)28-16-10-8-14(21)9-11-16/h3-13H,1-2H3,(H,23,25). The molecule has 1 amide bonds. The van der Waals surface area contributed by atoms with Crippen molar-refractivity contribution < 1.29 is 13.2 Å². The predicted octanol–water partition coefficient (Wildman–Crippen LogP) is 4.50. The van der Waals surface area contributed by atoms with Crippen LogP contribution in [0.5, 0.6) is 0 Å². The number of carbonyl (C=O) groups excluding carboxylic acids is 1. The summed E-state index contributed by atoms with van der Waals surface area (Å²) in [5, 5.41) is 3.32. The lowest BCUT2D eigenvalue weighted by Crippen LogP contribution is -2.22. The third kappa shape index (κ3) is 5.24. The number of benzene rings is 2. The minimum Gasteiger partial charge on any atom is -0.322 e. The molecule has 0 aliphatic rings. The summed E-state index contributed by atoms with van der Waals surface area (Å²) >= 11 is 4.78. The summed E-state index contributed by atoms with van der Waals surface area (Å²) in [5.74, 6) is -0.364. The smallest absolute Gasteiger partial charge is 0.258 e. The summed E-state index contributed by atoms with van der Waals surface area (Å²) in [7, 11) is -0.670. The van der Waals surface area contributed by atoms with Gasteiger partial charge in [-0.05, 0) is 54.6 Å². The van der Waals surface area contributed by atoms with E-state index in [0.717, 1.165) is 13.7 Å². The number of hydrogen-bond donors (Lipinski definition) is 1. The van der Waals surface area contributed by atoms with E-state index in [9.17, 15) is 13.2 Å². The number of halogens is 1. The highest BCUT2D eigenvalue weighted by Gasteiger charge is 2.19. The molecule has 1 heterocycles. The first-order valence-electron chi connectivity index (χ1n) is 8.50. The molecule has 1 N–H and O–H groups in total. The number of hydrogen-bond acceptors (Lipinski definition) is 5. The van der Waals surface area contributed by atoms with Crippen LogP contribution in [0, 0.1) is 0 Å². The monoisotopic (exact) mass is 491 g/mol. The van der Waals surface area contributed by atoms with Crippen LogP contribution in [-0.2, 0) is 10.0 Å². The fourth-order valence-electron chi connectivity index (χ4n) is 2.40. The van der Waals surface area contributed by atoms with E-state index in [-0.39, 0.29) is 10.8 Å². The van der Waals surface area contributed by atoms with Crippen LogP contribution >= 0.6 is 27.7 Å². The summed E-state index contributed by atoms with van der Waals surface area (Å²) in [6.45, 7) is 0. The molecular formula is C20H18BrN3O3S2. The molecule has 0 spiro atoms. The van der Waals surface area contributed by atoms with Crippen LogP contribution in [0.1, 0.15) is 10.4 Å². The molecule has 0 fully saturated rings. The van der Waals surface area contributed by atoms with Crippen molar-refractivity contribution in [1.82, 2.24) is 9.29 Å². The highest BCUT2D eigenvalue weighted by Crippen LogP contribution is 2.30. The molecule has 1 aromatic heterocycles. The Morgan fingerprint density at radius 1 is 1.07 bits per heavy atom. The molecule has 0 aliphatic carbocycles. The van der Waals surface area contributed by atoms with E-state index in [0.29, 0.717) is 16.3 Å². The van der Waals surface area contributed by atoms with Gasteiger partial charge in [-0.2, -0.15) is 0 Å². The Morgan fingerprint density at radius 3 is 2.48 bits per heavy atom. The van der Waals surface area contributed by atoms with E-state index in [1.807, 2.05) is 24.3 Å². The Morgan fingerprint density at radius 2 is 1.79 bits per heavy atom. The molecule has 0 unspecified atom stereocenters. The number of rotatable bonds is 6. The number of pyridine rings is 1. The van der Waals surface area contributed by atoms with Gasteiger partial charge in [0.25, 0.3) is 5.91 Å². The summed E-state index contributed by atoms with van der Waals surface area (Å²) < 4.78 is 26.7. The fourth-order valence-corrected chi connectivity index (χ4v) is 4.49. The molecule has 3 rings (SSSR count). The van der Waals surface area contributed by atoms with Crippen molar-refractivity contribution in [2.24, 2.45) is 0 Å². The van der Waals surface area contributed by atoms with Gasteiger partial charge in [0.05, 0.1) is 10.5 Å². The Bertz CT molecular complexity index is 1130. The molecule has 3 aromatic rings. The topological polar surface area (TPSA) is 79.4 Å². The molecular weight excluding hydrogens is 474 g/mol. The number of carbonyl (C=O) groups is 1. The first-order chi connectivity index (χ1) is 13.8. The number of aromatic nitrogens is 1. The van der Waals surface area contributed by atoms with Crippen LogP contribution < -0.4 is 5.32 Å². The number of anilines is 1. The summed E-state index contributed by atoms with van der Waals surface area (Å²) in [6.07, 6.45) is 1.63. The SMILES string of the molecule is CN(C)S(=O)(=O)c1cccc(NC(=O)c2cccnc2Sc2ccc(Br)cc2)c1. The van der Waals surface area contributed by atoms with Crippen LogP contribution in [0.25, 0.3) is 0 Å². The molecule has 29 heavy (non-hydrogen) atoms. The van der Waals surface area contributed by atoms with E-state index in [1.54, 1.807) is 30.5 Å². The predicted molar refractivity (Wildman–Crippen MR) is 118 cm³/mol. The zero-order valence-electron chi connectivity index (χ0n) is 15.7. The molecule has 0 saturated carbocycles. The highest BCUT2D eigenvalue weighted by atomic mass is 79.9. The van der Waals surface area contributed by atoms with E-state index in [1.165, 1.54) is 38.0 Å². The second-order valence-electron chi connectivity index (χ2n) is 6.18. The molecule has 9 heteroatoms. The first-order valence-corrected chi connectivity index (χ1v) is 11.5. The minimum absolute atomic E-state index is 0.107. The molecule has 0 saturated heterocycles. The number of sulfonamides is 1. The molecule has 0 radical (unpaired) electrons. The Hall–Kier alpha value is -2.20. The molecule has 150 valence electrons. The van der Waals surface area contributed by atoms with Gasteiger partial charge in [-0.15, -0.1) is 0 Å². The van der Waals surface area contributed by atoms with Gasteiger partial charge >= 0.3 is 0 Å². The highest BCUT2D eigenvalue weighted by molar-refractivity contribution is 9.10. The second kappa shape index (κ2) is 9.08. The Labute approximate surface area is 182 Å². The molecule has 0 aliphatic heterocycles. The average molecular weight is 492 g/mol. The zero-order valence-corrected chi connectivity index (χ0v) is 18.9. The average Bonchev–Trinajstić information content (AvgIpc) is 2.70. The quantitative estimate of drug-likeness (QED) is 0.548. The van der Waals surface area contributed by atoms with Crippen LogP contribution in [0.4, 0.5) is 5.69 Å². The van der Waals surface area contributed by atoms with E-state index < -0.39 is 10.0 Å². The normalized spacial score (nSPS) is 11.4. The Balaban J connectivity index is 1.84. The van der Waals surface area contributed by atoms with Gasteiger partial charge in [0.2, 0.25) is 10.0 Å². The molecule has 2 aromatic carbocycles. The van der Waals surface area contributed by atoms with Crippen molar-refractivity contribution in [2.75, 3.05) is 19.4 Å². The van der Waals surface area contributed by atoms with Crippen molar-refractivity contribution >= 4 is 49.3 Å². The third-order valence-corrected chi connectivity index (χ3v) is 7.28. The summed E-state index contributed by atoms with van der Waals surface area (Å²) in [4.78, 5) is 18.2. The summed E-state index contributed by atoms with van der Waals surface area (Å²) in [5.41, 5.74) is 0.794. The molecule has 6 nitrogen and oxygen atoms in total. The van der Waals surface area contributed by atoms with Crippen molar-refractivity contribution in [3.05, 3.63) is 76.9 Å². The maximum absolute atomic E-state index is 12.8. The molecule has 0 atom stereocenters. The van der Waals surface area contributed by atoms with Crippen molar-refractivity contribution in [2.45, 2.75) is 14.8 Å². The van der Waals surface area contributed by atoms with Gasteiger partial charge in [-0.25, -0.2) is 17.7 Å². The lowest BCUT2D eigenvalue weighted by Gasteiger charge is -2.13. The van der Waals surface area contributed by atoms with E-state index in [2.05, 4.69) is 26.2 Å². The van der Waals surface area contributed by atoms with Gasteiger partial charge < -0.3 is 5.32 Å². The van der Waals surface area contributed by atoms with Crippen LogP contribution in [0.2, 0.25) is 0 Å². The lowest BCUT2D eigenvalue weighted by atomic mass is 10.2. The molecule has 0 bridgehead atoms. The third-order valence-electron chi connectivity index (χ3n) is 3.91. The van der Waals surface area contributed by atoms with Gasteiger partial charge in [-0.1, -0.05) is 33.8 Å². The number of nitrogens with zero attached hydrogens (tertiary/aromatic N) is 2. The van der Waals surface area contributed by atoms with Gasteiger partial charge in [0, 0.05) is 35.3 Å². The van der Waals surface area contributed by atoms with E-state index >= 15 is 0 Å². The second-order valence-corrected chi connectivity index (χ2v) is 10.3. The van der Waals surface area contributed by atoms with Crippen LogP contribution in [0.15, 0.2) is 86.2 Å². The van der Waals surface area contributed by atoms with Crippen LogP contribution in [0.3, 0.4) is 0 Å². The van der Waals surface area contributed by atoms with E-state index in [4.69, 9.17) is 0 Å². The summed E-state index contributed by atoms with van der Waals surface area (Å²) in [6, 6.07) is 17.2. The first kappa shape index (κ1) is 21.5.